The van der Waals surface area contributed by atoms with Crippen LogP contribution in [-0.2, 0) is 11.3 Å². The Balaban J connectivity index is 2.06. The molecule has 1 aromatic carbocycles. The van der Waals surface area contributed by atoms with Gasteiger partial charge in [-0.2, -0.15) is 0 Å². The van der Waals surface area contributed by atoms with Gasteiger partial charge >= 0.3 is 0 Å². The minimum Gasteiger partial charge on any atom is -0.481 e. The molecular formula is C15H21ClN2O2. The summed E-state index contributed by atoms with van der Waals surface area (Å²) in [6.45, 7) is 2.47. The summed E-state index contributed by atoms with van der Waals surface area (Å²) in [6, 6.07) is 6.11. The van der Waals surface area contributed by atoms with Crippen LogP contribution in [0.15, 0.2) is 18.2 Å². The number of benzene rings is 1. The minimum atomic E-state index is -0.508. The molecule has 1 unspecified atom stereocenters. The lowest BCUT2D eigenvalue weighted by molar-refractivity contribution is -0.135. The molecule has 0 aliphatic heterocycles. The van der Waals surface area contributed by atoms with Crippen LogP contribution in [0.2, 0.25) is 5.02 Å². The molecule has 1 aromatic rings. The number of ether oxygens (including phenoxy) is 1. The zero-order valence-corrected chi connectivity index (χ0v) is 12.9. The summed E-state index contributed by atoms with van der Waals surface area (Å²) < 4.78 is 5.79. The maximum atomic E-state index is 11.9. The van der Waals surface area contributed by atoms with Crippen molar-refractivity contribution in [1.29, 1.82) is 0 Å². The first-order valence-corrected chi connectivity index (χ1v) is 7.25. The second-order valence-electron chi connectivity index (χ2n) is 5.40. The number of rotatable bonds is 6. The van der Waals surface area contributed by atoms with Crippen molar-refractivity contribution in [3.05, 3.63) is 28.8 Å². The zero-order chi connectivity index (χ0) is 14.7. The molecule has 2 rings (SSSR count). The first-order chi connectivity index (χ1) is 9.47. The van der Waals surface area contributed by atoms with E-state index in [2.05, 4.69) is 5.32 Å². The predicted molar refractivity (Wildman–Crippen MR) is 80.1 cm³/mol. The lowest BCUT2D eigenvalue weighted by Crippen LogP contribution is -2.35. The topological polar surface area (TPSA) is 41.6 Å². The van der Waals surface area contributed by atoms with E-state index in [9.17, 15) is 4.79 Å². The first-order valence-electron chi connectivity index (χ1n) is 6.87. The van der Waals surface area contributed by atoms with Crippen molar-refractivity contribution in [3.8, 4) is 5.75 Å². The van der Waals surface area contributed by atoms with Crippen LogP contribution in [0.1, 0.15) is 25.3 Å². The van der Waals surface area contributed by atoms with Gasteiger partial charge in [-0.05, 0) is 38.0 Å². The summed E-state index contributed by atoms with van der Waals surface area (Å²) in [4.78, 5) is 13.4. The maximum Gasteiger partial charge on any atom is 0.262 e. The number of hydrogen-bond donors (Lipinski definition) is 1. The molecule has 0 saturated heterocycles. The second-order valence-corrected chi connectivity index (χ2v) is 5.84. The quantitative estimate of drug-likeness (QED) is 0.877. The Morgan fingerprint density at radius 1 is 1.50 bits per heavy atom. The monoisotopic (exact) mass is 296 g/mol. The molecule has 1 atom stereocenters. The van der Waals surface area contributed by atoms with Crippen LogP contribution >= 0.6 is 11.6 Å². The average molecular weight is 297 g/mol. The number of halogens is 1. The normalized spacial score (nSPS) is 15.8. The molecule has 20 heavy (non-hydrogen) atoms. The Morgan fingerprint density at radius 2 is 2.20 bits per heavy atom. The fraction of sp³-hybridized carbons (Fsp3) is 0.533. The van der Waals surface area contributed by atoms with Crippen LogP contribution in [0.3, 0.4) is 0 Å². The molecule has 1 amide bonds. The smallest absolute Gasteiger partial charge is 0.262 e. The van der Waals surface area contributed by atoms with Gasteiger partial charge in [0.25, 0.3) is 5.91 Å². The second kappa shape index (κ2) is 6.46. The molecule has 5 heteroatoms. The van der Waals surface area contributed by atoms with Gasteiger partial charge in [-0.3, -0.25) is 4.79 Å². The highest BCUT2D eigenvalue weighted by Crippen LogP contribution is 2.26. The van der Waals surface area contributed by atoms with Crippen LogP contribution < -0.4 is 10.1 Å². The third-order valence-electron chi connectivity index (χ3n) is 3.27. The van der Waals surface area contributed by atoms with Gasteiger partial charge in [0.2, 0.25) is 0 Å². The van der Waals surface area contributed by atoms with Crippen LogP contribution in [0.5, 0.6) is 5.75 Å². The molecule has 0 aromatic heterocycles. The number of amides is 1. The van der Waals surface area contributed by atoms with Crippen molar-refractivity contribution in [1.82, 2.24) is 10.2 Å². The van der Waals surface area contributed by atoms with E-state index in [1.165, 1.54) is 17.7 Å². The van der Waals surface area contributed by atoms with Crippen LogP contribution in [0.25, 0.3) is 0 Å². The standard InChI is InChI=1S/C15H21ClN2O2/c1-10(15(19)18(2)3)20-14-7-4-12(16)8-11(14)9-17-13-5-6-13/h4,7-8,10,13,17H,5-6,9H2,1-3H3. The molecule has 0 spiro atoms. The van der Waals surface area contributed by atoms with Crippen molar-refractivity contribution in [2.75, 3.05) is 14.1 Å². The highest BCUT2D eigenvalue weighted by Gasteiger charge is 2.22. The van der Waals surface area contributed by atoms with E-state index in [0.29, 0.717) is 23.4 Å². The van der Waals surface area contributed by atoms with Crippen LogP contribution in [0, 0.1) is 0 Å². The van der Waals surface area contributed by atoms with E-state index in [-0.39, 0.29) is 5.91 Å². The average Bonchev–Trinajstić information content (AvgIpc) is 3.21. The van der Waals surface area contributed by atoms with Crippen molar-refractivity contribution >= 4 is 17.5 Å². The van der Waals surface area contributed by atoms with E-state index < -0.39 is 6.10 Å². The van der Waals surface area contributed by atoms with E-state index in [0.717, 1.165) is 5.56 Å². The summed E-state index contributed by atoms with van der Waals surface area (Å²) in [5, 5.41) is 4.11. The molecule has 1 N–H and O–H groups in total. The van der Waals surface area contributed by atoms with Gasteiger partial charge in [0.05, 0.1) is 0 Å². The fourth-order valence-corrected chi connectivity index (χ4v) is 2.14. The lowest BCUT2D eigenvalue weighted by atomic mass is 10.2. The van der Waals surface area contributed by atoms with Crippen LogP contribution in [0.4, 0.5) is 0 Å². The van der Waals surface area contributed by atoms with E-state index in [1.54, 1.807) is 27.1 Å². The molecule has 1 aliphatic rings. The lowest BCUT2D eigenvalue weighted by Gasteiger charge is -2.20. The number of nitrogens with zero attached hydrogens (tertiary/aromatic N) is 1. The number of carbonyl (C=O) groups is 1. The molecule has 0 bridgehead atoms. The van der Waals surface area contributed by atoms with Gasteiger partial charge in [-0.25, -0.2) is 0 Å². The number of carbonyl (C=O) groups excluding carboxylic acids is 1. The van der Waals surface area contributed by atoms with Gasteiger partial charge in [0, 0.05) is 37.3 Å². The molecule has 4 nitrogen and oxygen atoms in total. The summed E-state index contributed by atoms with van der Waals surface area (Å²) in [7, 11) is 3.44. The summed E-state index contributed by atoms with van der Waals surface area (Å²) in [5.74, 6) is 0.659. The Bertz CT molecular complexity index is 487. The van der Waals surface area contributed by atoms with Gasteiger partial charge in [0.1, 0.15) is 5.75 Å². The van der Waals surface area contributed by atoms with Crippen molar-refractivity contribution in [2.24, 2.45) is 0 Å². The zero-order valence-electron chi connectivity index (χ0n) is 12.1. The Kier molecular flexibility index (Phi) is 4.89. The molecule has 0 heterocycles. The number of likely N-dealkylation sites (N-methyl/N-ethyl adjacent to an activating group) is 1. The largest absolute Gasteiger partial charge is 0.481 e. The first kappa shape index (κ1) is 15.1. The Labute approximate surface area is 125 Å². The SMILES string of the molecule is CC(Oc1ccc(Cl)cc1CNC1CC1)C(=O)N(C)C. The molecule has 1 aliphatic carbocycles. The molecular weight excluding hydrogens is 276 g/mol. The van der Waals surface area contributed by atoms with Crippen LogP contribution in [-0.4, -0.2) is 37.0 Å². The number of nitrogens with one attached hydrogen (secondary N) is 1. The Hall–Kier alpha value is -1.26. The van der Waals surface area contributed by atoms with Gasteiger partial charge in [-0.1, -0.05) is 11.6 Å². The van der Waals surface area contributed by atoms with Gasteiger partial charge < -0.3 is 15.0 Å². The molecule has 0 radical (unpaired) electrons. The van der Waals surface area contributed by atoms with Crippen molar-refractivity contribution in [2.45, 2.75) is 38.5 Å². The highest BCUT2D eigenvalue weighted by atomic mass is 35.5. The number of hydrogen-bond acceptors (Lipinski definition) is 3. The van der Waals surface area contributed by atoms with E-state index in [4.69, 9.17) is 16.3 Å². The highest BCUT2D eigenvalue weighted by molar-refractivity contribution is 6.30. The molecule has 1 saturated carbocycles. The van der Waals surface area contributed by atoms with Gasteiger partial charge in [0.15, 0.2) is 6.10 Å². The summed E-state index contributed by atoms with van der Waals surface area (Å²) >= 11 is 6.04. The van der Waals surface area contributed by atoms with E-state index in [1.807, 2.05) is 12.1 Å². The van der Waals surface area contributed by atoms with Crippen molar-refractivity contribution < 1.29 is 9.53 Å². The van der Waals surface area contributed by atoms with E-state index >= 15 is 0 Å². The third kappa shape index (κ3) is 4.12. The minimum absolute atomic E-state index is 0.0546. The predicted octanol–water partition coefficient (Wildman–Crippen LogP) is 2.45. The molecule has 110 valence electrons. The van der Waals surface area contributed by atoms with Gasteiger partial charge in [-0.15, -0.1) is 0 Å². The maximum absolute atomic E-state index is 11.9. The Morgan fingerprint density at radius 3 is 2.80 bits per heavy atom. The summed E-state index contributed by atoms with van der Waals surface area (Å²) in [6.07, 6.45) is 1.95. The third-order valence-corrected chi connectivity index (χ3v) is 3.51. The van der Waals surface area contributed by atoms with Crippen molar-refractivity contribution in [3.63, 3.8) is 0 Å². The summed E-state index contributed by atoms with van der Waals surface area (Å²) in [5.41, 5.74) is 0.989. The fourth-order valence-electron chi connectivity index (χ4n) is 1.95. The molecule has 1 fully saturated rings.